The van der Waals surface area contributed by atoms with E-state index in [1.165, 1.54) is 0 Å². The van der Waals surface area contributed by atoms with Crippen molar-refractivity contribution in [3.8, 4) is 5.75 Å². The molecule has 2 N–H and O–H groups in total. The number of thioether (sulfide) groups is 1. The van der Waals surface area contributed by atoms with Crippen LogP contribution >= 0.6 is 39.3 Å². The number of nitrogens with one attached hydrogen (secondary N) is 1. The lowest BCUT2D eigenvalue weighted by atomic mass is 10.2. The van der Waals surface area contributed by atoms with Crippen molar-refractivity contribution in [2.75, 3.05) is 12.4 Å². The largest absolute Gasteiger partial charge is 0.492 e. The van der Waals surface area contributed by atoms with Gasteiger partial charge in [-0.2, -0.15) is 0 Å². The maximum atomic E-state index is 11.1. The summed E-state index contributed by atoms with van der Waals surface area (Å²) in [6.07, 6.45) is 3.25. The van der Waals surface area contributed by atoms with Gasteiger partial charge in [0.2, 0.25) is 0 Å². The number of hydrogen-bond donors (Lipinski definition) is 2. The fourth-order valence-electron chi connectivity index (χ4n) is 2.25. The van der Waals surface area contributed by atoms with Gasteiger partial charge < -0.3 is 9.84 Å². The lowest BCUT2D eigenvalue weighted by Gasteiger charge is -2.18. The molecule has 1 aliphatic heterocycles. The second-order valence-electron chi connectivity index (χ2n) is 5.13. The molecule has 2 rings (SSSR count). The lowest BCUT2D eigenvalue weighted by Crippen LogP contribution is -2.33. The average molecular weight is 409 g/mol. The first-order valence-corrected chi connectivity index (χ1v) is 9.47. The molecule has 7 heteroatoms. The summed E-state index contributed by atoms with van der Waals surface area (Å²) in [5, 5.41) is 12.7. The number of carboxylic acid groups (broad SMARTS) is 1. The molecule has 1 saturated heterocycles. The van der Waals surface area contributed by atoms with Crippen LogP contribution in [0.3, 0.4) is 0 Å². The molecule has 1 heterocycles. The van der Waals surface area contributed by atoms with E-state index in [4.69, 9.17) is 21.4 Å². The Bertz CT molecular complexity index is 544. The van der Waals surface area contributed by atoms with Crippen LogP contribution in [0.1, 0.15) is 37.1 Å². The zero-order valence-electron chi connectivity index (χ0n) is 12.3. The predicted molar refractivity (Wildman–Crippen MR) is 93.9 cm³/mol. The predicted octanol–water partition coefficient (Wildman–Crippen LogP) is 4.46. The third kappa shape index (κ3) is 4.54. The average Bonchev–Trinajstić information content (AvgIpc) is 2.94. The van der Waals surface area contributed by atoms with Crippen molar-refractivity contribution in [3.63, 3.8) is 0 Å². The van der Waals surface area contributed by atoms with E-state index >= 15 is 0 Å². The van der Waals surface area contributed by atoms with Gasteiger partial charge in [-0.05, 0) is 34.5 Å². The van der Waals surface area contributed by atoms with E-state index in [-0.39, 0.29) is 5.37 Å². The SMILES string of the molecule is CCCCCOc1c(Br)cc(Cl)cc1C1NC(C(=O)O)CS1. The van der Waals surface area contributed by atoms with E-state index in [1.54, 1.807) is 17.8 Å². The van der Waals surface area contributed by atoms with Gasteiger partial charge in [-0.15, -0.1) is 11.8 Å². The number of hydrogen-bond acceptors (Lipinski definition) is 4. The zero-order chi connectivity index (χ0) is 16.1. The first-order chi connectivity index (χ1) is 10.5. The summed E-state index contributed by atoms with van der Waals surface area (Å²) in [7, 11) is 0. The van der Waals surface area contributed by atoms with Crippen LogP contribution in [-0.4, -0.2) is 29.5 Å². The molecule has 0 radical (unpaired) electrons. The minimum absolute atomic E-state index is 0.128. The number of rotatable bonds is 7. The molecule has 1 aromatic carbocycles. The van der Waals surface area contributed by atoms with Gasteiger partial charge in [-0.3, -0.25) is 10.1 Å². The second kappa shape index (κ2) is 8.43. The van der Waals surface area contributed by atoms with E-state index in [1.807, 2.05) is 6.07 Å². The number of unbranched alkanes of at least 4 members (excludes halogenated alkanes) is 2. The molecule has 0 aliphatic carbocycles. The Morgan fingerprint density at radius 2 is 2.32 bits per heavy atom. The first kappa shape index (κ1) is 17.9. The molecule has 2 unspecified atom stereocenters. The highest BCUT2D eigenvalue weighted by Gasteiger charge is 2.32. The number of ether oxygens (including phenoxy) is 1. The third-order valence-corrected chi connectivity index (χ3v) is 5.45. The molecule has 22 heavy (non-hydrogen) atoms. The molecule has 1 aromatic rings. The first-order valence-electron chi connectivity index (χ1n) is 7.25. The number of aliphatic carboxylic acids is 1. The Morgan fingerprint density at radius 1 is 1.55 bits per heavy atom. The summed E-state index contributed by atoms with van der Waals surface area (Å²) in [4.78, 5) is 11.1. The Kier molecular flexibility index (Phi) is 6.87. The summed E-state index contributed by atoms with van der Waals surface area (Å²) >= 11 is 11.2. The summed E-state index contributed by atoms with van der Waals surface area (Å²) in [6.45, 7) is 2.79. The standard InChI is InChI=1S/C15H19BrClNO3S/c1-2-3-4-5-21-13-10(6-9(17)7-11(13)16)14-18-12(8-22-14)15(19)20/h6-7,12,14,18H,2-5,8H2,1H3,(H,19,20). The van der Waals surface area contributed by atoms with Gasteiger partial charge in [0.15, 0.2) is 0 Å². The van der Waals surface area contributed by atoms with Crippen LogP contribution in [0.4, 0.5) is 0 Å². The van der Waals surface area contributed by atoms with Crippen LogP contribution in [0.25, 0.3) is 0 Å². The Labute approximate surface area is 148 Å². The normalized spacial score (nSPS) is 21.0. The van der Waals surface area contributed by atoms with Gasteiger partial charge in [0.05, 0.1) is 16.5 Å². The van der Waals surface area contributed by atoms with E-state index < -0.39 is 12.0 Å². The number of halogens is 2. The molecule has 122 valence electrons. The van der Waals surface area contributed by atoms with Gasteiger partial charge in [-0.25, -0.2) is 0 Å². The smallest absolute Gasteiger partial charge is 0.321 e. The van der Waals surface area contributed by atoms with E-state index in [0.29, 0.717) is 17.4 Å². The monoisotopic (exact) mass is 407 g/mol. The van der Waals surface area contributed by atoms with Gasteiger partial charge in [0.25, 0.3) is 0 Å². The van der Waals surface area contributed by atoms with Crippen molar-refractivity contribution in [2.45, 2.75) is 37.6 Å². The molecule has 4 nitrogen and oxygen atoms in total. The third-order valence-electron chi connectivity index (χ3n) is 3.39. The van der Waals surface area contributed by atoms with Crippen LogP contribution in [0.2, 0.25) is 5.02 Å². The number of carbonyl (C=O) groups is 1. The van der Waals surface area contributed by atoms with Crippen molar-refractivity contribution in [3.05, 3.63) is 27.2 Å². The van der Waals surface area contributed by atoms with E-state index in [9.17, 15) is 4.79 Å². The van der Waals surface area contributed by atoms with Crippen molar-refractivity contribution in [1.29, 1.82) is 0 Å². The molecular weight excluding hydrogens is 390 g/mol. The summed E-state index contributed by atoms with van der Waals surface area (Å²) in [5.74, 6) is 0.442. The molecule has 0 amide bonds. The Balaban J connectivity index is 2.16. The Morgan fingerprint density at radius 3 is 2.95 bits per heavy atom. The highest BCUT2D eigenvalue weighted by molar-refractivity contribution is 9.10. The second-order valence-corrected chi connectivity index (χ2v) is 7.56. The minimum atomic E-state index is -0.832. The van der Waals surface area contributed by atoms with Crippen molar-refractivity contribution >= 4 is 45.3 Å². The van der Waals surface area contributed by atoms with Gasteiger partial charge in [-0.1, -0.05) is 31.4 Å². The molecule has 2 atom stereocenters. The number of carboxylic acids is 1. The fourth-order valence-corrected chi connectivity index (χ4v) is 4.43. The van der Waals surface area contributed by atoms with Crippen LogP contribution in [-0.2, 0) is 4.79 Å². The topological polar surface area (TPSA) is 58.6 Å². The van der Waals surface area contributed by atoms with Crippen LogP contribution in [0, 0.1) is 0 Å². The molecule has 0 spiro atoms. The highest BCUT2D eigenvalue weighted by atomic mass is 79.9. The molecule has 0 aromatic heterocycles. The summed E-state index contributed by atoms with van der Waals surface area (Å²) in [6, 6.07) is 3.10. The molecule has 0 saturated carbocycles. The van der Waals surface area contributed by atoms with Crippen LogP contribution < -0.4 is 10.1 Å². The zero-order valence-corrected chi connectivity index (χ0v) is 15.4. The van der Waals surface area contributed by atoms with Gasteiger partial charge >= 0.3 is 5.97 Å². The summed E-state index contributed by atoms with van der Waals surface area (Å²) < 4.78 is 6.73. The van der Waals surface area contributed by atoms with E-state index in [2.05, 4.69) is 28.2 Å². The quantitative estimate of drug-likeness (QED) is 0.652. The lowest BCUT2D eigenvalue weighted by molar-refractivity contribution is -0.138. The van der Waals surface area contributed by atoms with Crippen molar-refractivity contribution < 1.29 is 14.6 Å². The molecule has 1 fully saturated rings. The maximum Gasteiger partial charge on any atom is 0.321 e. The highest BCUT2D eigenvalue weighted by Crippen LogP contribution is 2.42. The maximum absolute atomic E-state index is 11.1. The number of benzene rings is 1. The fraction of sp³-hybridized carbons (Fsp3) is 0.533. The summed E-state index contributed by atoms with van der Waals surface area (Å²) in [5.41, 5.74) is 0.893. The van der Waals surface area contributed by atoms with Crippen molar-refractivity contribution in [1.82, 2.24) is 5.32 Å². The molecule has 0 bridgehead atoms. The molecular formula is C15H19BrClNO3S. The van der Waals surface area contributed by atoms with Crippen molar-refractivity contribution in [2.24, 2.45) is 0 Å². The molecule has 1 aliphatic rings. The van der Waals surface area contributed by atoms with Gasteiger partial charge in [0, 0.05) is 16.3 Å². The van der Waals surface area contributed by atoms with Gasteiger partial charge in [0.1, 0.15) is 11.8 Å². The van der Waals surface area contributed by atoms with Crippen LogP contribution in [0.5, 0.6) is 5.75 Å². The Hall–Kier alpha value is -0.430. The van der Waals surface area contributed by atoms with E-state index in [0.717, 1.165) is 35.0 Å². The van der Waals surface area contributed by atoms with Crippen LogP contribution in [0.15, 0.2) is 16.6 Å². The minimum Gasteiger partial charge on any atom is -0.492 e.